The predicted octanol–water partition coefficient (Wildman–Crippen LogP) is 7.39. The number of para-hydroxylation sites is 2. The molecule has 5 aromatic carbocycles. The largest absolute Gasteiger partial charge is 0.494 e. The Bertz CT molecular complexity index is 1620. The first kappa shape index (κ1) is 21.2. The van der Waals surface area contributed by atoms with Gasteiger partial charge in [0.15, 0.2) is 0 Å². The maximum Gasteiger partial charge on any atom is 0.147 e. The van der Waals surface area contributed by atoms with Gasteiger partial charge in [0.25, 0.3) is 0 Å². The number of imidazole rings is 1. The van der Waals surface area contributed by atoms with Gasteiger partial charge in [0.1, 0.15) is 23.9 Å². The molecule has 0 bridgehead atoms. The van der Waals surface area contributed by atoms with E-state index in [4.69, 9.17) is 14.5 Å². The summed E-state index contributed by atoms with van der Waals surface area (Å²) in [6, 6.07) is 37.3. The minimum atomic E-state index is 0.415. The molecule has 6 rings (SSSR count). The van der Waals surface area contributed by atoms with Crippen molar-refractivity contribution in [1.82, 2.24) is 9.55 Å². The van der Waals surface area contributed by atoms with Gasteiger partial charge in [-0.05, 0) is 64.4 Å². The van der Waals surface area contributed by atoms with E-state index < -0.39 is 0 Å². The molecule has 6 aromatic rings. The maximum atomic E-state index is 6.17. The van der Waals surface area contributed by atoms with Crippen molar-refractivity contribution >= 4 is 32.6 Å². The number of fused-ring (bicyclic) bond motifs is 3. The molecule has 0 unspecified atom stereocenters. The number of benzene rings is 5. The summed E-state index contributed by atoms with van der Waals surface area (Å²) < 4.78 is 14.5. The zero-order valence-corrected chi connectivity index (χ0v) is 19.4. The standard InChI is InChI=1S/C31H26N2O2/c1-3-10-25-20-27(16-14-23(25)8-1)34-19-7-18-33-30-13-6-5-12-29(30)32-31(33)22-35-28-17-15-24-9-2-4-11-26(24)21-28/h1-6,8-17,20-21H,7,18-19,22H2. The number of aryl methyl sites for hydroxylation is 1. The molecule has 0 aliphatic carbocycles. The Kier molecular flexibility index (Phi) is 5.77. The van der Waals surface area contributed by atoms with Gasteiger partial charge in [0.2, 0.25) is 0 Å². The van der Waals surface area contributed by atoms with Crippen LogP contribution in [0.3, 0.4) is 0 Å². The van der Waals surface area contributed by atoms with Gasteiger partial charge in [-0.1, -0.05) is 72.8 Å². The zero-order chi connectivity index (χ0) is 23.5. The molecule has 1 heterocycles. The van der Waals surface area contributed by atoms with Crippen LogP contribution in [0.4, 0.5) is 0 Å². The van der Waals surface area contributed by atoms with Crippen LogP contribution in [0.5, 0.6) is 11.5 Å². The van der Waals surface area contributed by atoms with E-state index in [1.165, 1.54) is 21.5 Å². The molecule has 4 nitrogen and oxygen atoms in total. The Labute approximate surface area is 204 Å². The topological polar surface area (TPSA) is 36.3 Å². The van der Waals surface area contributed by atoms with Gasteiger partial charge in [-0.15, -0.1) is 0 Å². The highest BCUT2D eigenvalue weighted by Crippen LogP contribution is 2.24. The number of nitrogens with zero attached hydrogens (tertiary/aromatic N) is 2. The Balaban J connectivity index is 1.15. The second-order valence-corrected chi connectivity index (χ2v) is 8.68. The molecule has 0 fully saturated rings. The minimum absolute atomic E-state index is 0.415. The molecule has 1 aromatic heterocycles. The second-order valence-electron chi connectivity index (χ2n) is 8.68. The lowest BCUT2D eigenvalue weighted by atomic mass is 10.1. The van der Waals surface area contributed by atoms with Gasteiger partial charge in [-0.2, -0.15) is 0 Å². The molecule has 0 radical (unpaired) electrons. The molecule has 172 valence electrons. The van der Waals surface area contributed by atoms with Crippen LogP contribution in [-0.4, -0.2) is 16.2 Å². The molecule has 0 atom stereocenters. The molecule has 35 heavy (non-hydrogen) atoms. The van der Waals surface area contributed by atoms with Crippen LogP contribution < -0.4 is 9.47 Å². The average Bonchev–Trinajstić information content (AvgIpc) is 3.27. The van der Waals surface area contributed by atoms with Crippen LogP contribution in [0.15, 0.2) is 109 Å². The first-order valence-corrected chi connectivity index (χ1v) is 12.0. The fourth-order valence-corrected chi connectivity index (χ4v) is 4.56. The van der Waals surface area contributed by atoms with Crippen LogP contribution in [0.2, 0.25) is 0 Å². The van der Waals surface area contributed by atoms with Crippen molar-refractivity contribution in [2.24, 2.45) is 0 Å². The molecule has 0 spiro atoms. The zero-order valence-electron chi connectivity index (χ0n) is 19.4. The third kappa shape index (κ3) is 4.56. The Morgan fingerprint density at radius 1 is 0.600 bits per heavy atom. The van der Waals surface area contributed by atoms with Crippen LogP contribution >= 0.6 is 0 Å². The Morgan fingerprint density at radius 3 is 1.91 bits per heavy atom. The van der Waals surface area contributed by atoms with E-state index >= 15 is 0 Å². The van der Waals surface area contributed by atoms with Crippen molar-refractivity contribution < 1.29 is 9.47 Å². The molecule has 0 N–H and O–H groups in total. The van der Waals surface area contributed by atoms with E-state index in [2.05, 4.69) is 89.5 Å². The average molecular weight is 459 g/mol. The highest BCUT2D eigenvalue weighted by molar-refractivity contribution is 5.84. The third-order valence-corrected chi connectivity index (χ3v) is 6.34. The molecule has 0 aliphatic heterocycles. The summed E-state index contributed by atoms with van der Waals surface area (Å²) in [6.07, 6.45) is 0.871. The van der Waals surface area contributed by atoms with Crippen LogP contribution in [0.25, 0.3) is 32.6 Å². The second kappa shape index (κ2) is 9.51. The van der Waals surface area contributed by atoms with Crippen molar-refractivity contribution in [3.8, 4) is 11.5 Å². The van der Waals surface area contributed by atoms with Crippen LogP contribution in [-0.2, 0) is 13.2 Å². The summed E-state index contributed by atoms with van der Waals surface area (Å²) in [7, 11) is 0. The lowest BCUT2D eigenvalue weighted by Crippen LogP contribution is -2.10. The highest BCUT2D eigenvalue weighted by atomic mass is 16.5. The third-order valence-electron chi connectivity index (χ3n) is 6.34. The van der Waals surface area contributed by atoms with E-state index in [-0.39, 0.29) is 0 Å². The van der Waals surface area contributed by atoms with Crippen LogP contribution in [0, 0.1) is 0 Å². The number of ether oxygens (including phenoxy) is 2. The lowest BCUT2D eigenvalue weighted by molar-refractivity contribution is 0.280. The van der Waals surface area contributed by atoms with Crippen molar-refractivity contribution in [3.63, 3.8) is 0 Å². The summed E-state index contributed by atoms with van der Waals surface area (Å²) in [5.74, 6) is 2.67. The normalized spacial score (nSPS) is 11.3. The van der Waals surface area contributed by atoms with E-state index in [9.17, 15) is 0 Å². The van der Waals surface area contributed by atoms with Gasteiger partial charge < -0.3 is 14.0 Å². The quantitative estimate of drug-likeness (QED) is 0.223. The molecule has 0 saturated heterocycles. The first-order chi connectivity index (χ1) is 17.3. The molecular weight excluding hydrogens is 432 g/mol. The number of hydrogen-bond acceptors (Lipinski definition) is 3. The molecular formula is C31H26N2O2. The number of rotatable bonds is 8. The van der Waals surface area contributed by atoms with Crippen molar-refractivity contribution in [3.05, 3.63) is 115 Å². The van der Waals surface area contributed by atoms with E-state index in [1.54, 1.807) is 0 Å². The van der Waals surface area contributed by atoms with E-state index in [0.717, 1.165) is 41.3 Å². The lowest BCUT2D eigenvalue weighted by Gasteiger charge is -2.12. The van der Waals surface area contributed by atoms with Gasteiger partial charge in [-0.3, -0.25) is 0 Å². The van der Waals surface area contributed by atoms with Crippen molar-refractivity contribution in [2.75, 3.05) is 6.61 Å². The first-order valence-electron chi connectivity index (χ1n) is 12.0. The summed E-state index contributed by atoms with van der Waals surface area (Å²) in [6.45, 7) is 1.86. The molecule has 0 saturated carbocycles. The summed E-state index contributed by atoms with van der Waals surface area (Å²) in [4.78, 5) is 4.86. The molecule has 0 amide bonds. The molecule has 0 aliphatic rings. The van der Waals surface area contributed by atoms with Crippen molar-refractivity contribution in [1.29, 1.82) is 0 Å². The minimum Gasteiger partial charge on any atom is -0.494 e. The van der Waals surface area contributed by atoms with Crippen molar-refractivity contribution in [2.45, 2.75) is 19.6 Å². The van der Waals surface area contributed by atoms with Crippen LogP contribution in [0.1, 0.15) is 12.2 Å². The predicted molar refractivity (Wildman–Crippen MR) is 142 cm³/mol. The molecule has 4 heteroatoms. The van der Waals surface area contributed by atoms with E-state index in [0.29, 0.717) is 13.2 Å². The highest BCUT2D eigenvalue weighted by Gasteiger charge is 2.11. The van der Waals surface area contributed by atoms with Gasteiger partial charge in [-0.25, -0.2) is 4.98 Å². The van der Waals surface area contributed by atoms with Gasteiger partial charge in [0.05, 0.1) is 17.6 Å². The maximum absolute atomic E-state index is 6.17. The number of aromatic nitrogens is 2. The fraction of sp³-hybridized carbons (Fsp3) is 0.129. The van der Waals surface area contributed by atoms with E-state index in [1.807, 2.05) is 24.3 Å². The Morgan fingerprint density at radius 2 is 1.20 bits per heavy atom. The summed E-state index contributed by atoms with van der Waals surface area (Å²) >= 11 is 0. The van der Waals surface area contributed by atoms with Gasteiger partial charge >= 0.3 is 0 Å². The summed E-state index contributed by atoms with van der Waals surface area (Å²) in [5.41, 5.74) is 2.11. The smallest absolute Gasteiger partial charge is 0.147 e. The van der Waals surface area contributed by atoms with Gasteiger partial charge in [0, 0.05) is 6.54 Å². The Hall–Kier alpha value is -4.31. The SMILES string of the molecule is c1ccc2cc(OCCCn3c(COc4ccc5ccccc5c4)nc4ccccc43)ccc2c1. The summed E-state index contributed by atoms with van der Waals surface area (Å²) in [5, 5.41) is 4.79. The number of hydrogen-bond donors (Lipinski definition) is 0. The fourth-order valence-electron chi connectivity index (χ4n) is 4.56. The monoisotopic (exact) mass is 458 g/mol.